The van der Waals surface area contributed by atoms with Crippen LogP contribution in [0, 0.1) is 13.8 Å². The SMILES string of the molecule is COc1cccc(C2/C(=C(\O)c3c(C)nn(C)c3C)C(=O)C(=O)N2CCN(C)C)c1. The third kappa shape index (κ3) is 3.70. The van der Waals surface area contributed by atoms with Gasteiger partial charge in [-0.2, -0.15) is 5.10 Å². The summed E-state index contributed by atoms with van der Waals surface area (Å²) in [4.78, 5) is 29.5. The second-order valence-electron chi connectivity index (χ2n) is 7.74. The number of carbonyl (C=O) groups is 2. The molecule has 3 rings (SSSR count). The zero-order chi connectivity index (χ0) is 22.2. The van der Waals surface area contributed by atoms with Gasteiger partial charge in [0.1, 0.15) is 11.5 Å². The second-order valence-corrected chi connectivity index (χ2v) is 7.74. The minimum Gasteiger partial charge on any atom is -0.507 e. The Labute approximate surface area is 176 Å². The molecule has 1 saturated heterocycles. The fourth-order valence-corrected chi connectivity index (χ4v) is 3.83. The molecule has 0 radical (unpaired) electrons. The van der Waals surface area contributed by atoms with Gasteiger partial charge in [-0.05, 0) is 45.6 Å². The van der Waals surface area contributed by atoms with E-state index in [-0.39, 0.29) is 11.3 Å². The molecule has 8 nitrogen and oxygen atoms in total. The summed E-state index contributed by atoms with van der Waals surface area (Å²) in [5.41, 5.74) is 2.57. The van der Waals surface area contributed by atoms with Crippen molar-refractivity contribution in [3.8, 4) is 5.75 Å². The van der Waals surface area contributed by atoms with Gasteiger partial charge in [0.2, 0.25) is 0 Å². The highest BCUT2D eigenvalue weighted by atomic mass is 16.5. The number of aliphatic hydroxyl groups is 1. The topological polar surface area (TPSA) is 87.9 Å². The van der Waals surface area contributed by atoms with Crippen molar-refractivity contribution >= 4 is 17.4 Å². The number of aryl methyl sites for hydroxylation is 2. The largest absolute Gasteiger partial charge is 0.507 e. The predicted octanol–water partition coefficient (Wildman–Crippen LogP) is 2.03. The molecule has 2 aromatic rings. The Bertz CT molecular complexity index is 1020. The molecule has 2 heterocycles. The van der Waals surface area contributed by atoms with Crippen LogP contribution in [0.4, 0.5) is 0 Å². The molecule has 1 aromatic heterocycles. The Hall–Kier alpha value is -3.13. The van der Waals surface area contributed by atoms with Crippen molar-refractivity contribution in [2.24, 2.45) is 7.05 Å². The number of likely N-dealkylation sites (N-methyl/N-ethyl adjacent to an activating group) is 1. The number of carbonyl (C=O) groups excluding carboxylic acids is 2. The Morgan fingerprint density at radius 1 is 1.27 bits per heavy atom. The number of hydrogen-bond acceptors (Lipinski definition) is 6. The molecule has 1 atom stereocenters. The molecule has 0 bridgehead atoms. The highest BCUT2D eigenvalue weighted by Gasteiger charge is 2.46. The van der Waals surface area contributed by atoms with Gasteiger partial charge in [0.15, 0.2) is 0 Å². The molecule has 1 N–H and O–H groups in total. The van der Waals surface area contributed by atoms with E-state index in [0.29, 0.717) is 41.4 Å². The summed E-state index contributed by atoms with van der Waals surface area (Å²) in [5, 5.41) is 15.6. The molecule has 0 saturated carbocycles. The van der Waals surface area contributed by atoms with Crippen molar-refractivity contribution < 1.29 is 19.4 Å². The van der Waals surface area contributed by atoms with Crippen LogP contribution in [-0.2, 0) is 16.6 Å². The number of ketones is 1. The smallest absolute Gasteiger partial charge is 0.295 e. The zero-order valence-electron chi connectivity index (χ0n) is 18.3. The van der Waals surface area contributed by atoms with Crippen LogP contribution in [0.3, 0.4) is 0 Å². The number of methoxy groups -OCH3 is 1. The van der Waals surface area contributed by atoms with E-state index in [4.69, 9.17) is 4.74 Å². The lowest BCUT2D eigenvalue weighted by atomic mass is 9.94. The number of aromatic nitrogens is 2. The molecule has 1 fully saturated rings. The molecule has 1 aliphatic heterocycles. The van der Waals surface area contributed by atoms with E-state index in [2.05, 4.69) is 5.10 Å². The van der Waals surface area contributed by atoms with Crippen LogP contribution in [0.15, 0.2) is 29.8 Å². The van der Waals surface area contributed by atoms with Gasteiger partial charge < -0.3 is 19.6 Å². The molecule has 8 heteroatoms. The molecule has 0 aliphatic carbocycles. The van der Waals surface area contributed by atoms with Crippen LogP contribution in [0.5, 0.6) is 5.75 Å². The summed E-state index contributed by atoms with van der Waals surface area (Å²) in [6.45, 7) is 4.52. The zero-order valence-corrected chi connectivity index (χ0v) is 18.3. The number of likely N-dealkylation sites (tertiary alicyclic amines) is 1. The maximum atomic E-state index is 13.1. The van der Waals surface area contributed by atoms with E-state index in [9.17, 15) is 14.7 Å². The fourth-order valence-electron chi connectivity index (χ4n) is 3.83. The first-order valence-corrected chi connectivity index (χ1v) is 9.75. The quantitative estimate of drug-likeness (QED) is 0.444. The normalized spacial score (nSPS) is 18.5. The predicted molar refractivity (Wildman–Crippen MR) is 113 cm³/mol. The number of rotatable bonds is 6. The van der Waals surface area contributed by atoms with Gasteiger partial charge >= 0.3 is 0 Å². The lowest BCUT2D eigenvalue weighted by Gasteiger charge is -2.26. The van der Waals surface area contributed by atoms with Crippen molar-refractivity contribution in [3.05, 3.63) is 52.4 Å². The van der Waals surface area contributed by atoms with Crippen LogP contribution in [0.25, 0.3) is 5.76 Å². The number of amides is 1. The Morgan fingerprint density at radius 3 is 2.53 bits per heavy atom. The molecule has 0 spiro atoms. The molecule has 1 unspecified atom stereocenters. The van der Waals surface area contributed by atoms with Crippen molar-refractivity contribution in [1.82, 2.24) is 19.6 Å². The average molecular weight is 412 g/mol. The molecular formula is C22H28N4O4. The number of hydrogen-bond donors (Lipinski definition) is 1. The monoisotopic (exact) mass is 412 g/mol. The summed E-state index contributed by atoms with van der Waals surface area (Å²) in [7, 11) is 7.14. The van der Waals surface area contributed by atoms with Crippen molar-refractivity contribution in [3.63, 3.8) is 0 Å². The lowest BCUT2D eigenvalue weighted by Crippen LogP contribution is -2.35. The van der Waals surface area contributed by atoms with Gasteiger partial charge in [0, 0.05) is 25.8 Å². The van der Waals surface area contributed by atoms with Crippen molar-refractivity contribution in [1.29, 1.82) is 0 Å². The lowest BCUT2D eigenvalue weighted by molar-refractivity contribution is -0.140. The van der Waals surface area contributed by atoms with E-state index in [1.807, 2.05) is 32.0 Å². The Morgan fingerprint density at radius 2 is 1.97 bits per heavy atom. The summed E-state index contributed by atoms with van der Waals surface area (Å²) in [5.74, 6) is -0.900. The molecule has 160 valence electrons. The standard InChI is InChI=1S/C22H28N4O4/c1-13-17(14(2)25(5)23-13)20(27)18-19(15-8-7-9-16(12-15)30-6)26(11-10-24(3)4)22(29)21(18)28/h7-9,12,19,27H,10-11H2,1-6H3/b20-18+. The van der Waals surface area contributed by atoms with Gasteiger partial charge in [-0.1, -0.05) is 12.1 Å². The number of benzene rings is 1. The third-order valence-electron chi connectivity index (χ3n) is 5.48. The first-order chi connectivity index (χ1) is 14.2. The van der Waals surface area contributed by atoms with E-state index < -0.39 is 17.7 Å². The summed E-state index contributed by atoms with van der Waals surface area (Å²) in [6.07, 6.45) is 0. The minimum absolute atomic E-state index is 0.0752. The summed E-state index contributed by atoms with van der Waals surface area (Å²) in [6, 6.07) is 6.51. The van der Waals surface area contributed by atoms with Crippen LogP contribution in [-0.4, -0.2) is 70.7 Å². The maximum absolute atomic E-state index is 13.1. The number of ether oxygens (including phenoxy) is 1. The summed E-state index contributed by atoms with van der Waals surface area (Å²) >= 11 is 0. The third-order valence-corrected chi connectivity index (χ3v) is 5.48. The highest BCUT2D eigenvalue weighted by Crippen LogP contribution is 2.40. The van der Waals surface area contributed by atoms with E-state index in [0.717, 1.165) is 0 Å². The first-order valence-electron chi connectivity index (χ1n) is 9.75. The fraction of sp³-hybridized carbons (Fsp3) is 0.409. The van der Waals surface area contributed by atoms with Crippen molar-refractivity contribution in [2.45, 2.75) is 19.9 Å². The molecule has 1 aliphatic rings. The van der Waals surface area contributed by atoms with Gasteiger partial charge in [0.05, 0.1) is 30.0 Å². The number of Topliss-reactive ketones (excluding diaryl/α,β-unsaturated/α-hetero) is 1. The van der Waals surface area contributed by atoms with E-state index in [1.54, 1.807) is 44.0 Å². The van der Waals surface area contributed by atoms with Crippen LogP contribution in [0.1, 0.15) is 28.6 Å². The first kappa shape index (κ1) is 21.6. The molecule has 1 amide bonds. The van der Waals surface area contributed by atoms with Gasteiger partial charge in [0.25, 0.3) is 11.7 Å². The van der Waals surface area contributed by atoms with Crippen LogP contribution >= 0.6 is 0 Å². The summed E-state index contributed by atoms with van der Waals surface area (Å²) < 4.78 is 6.98. The van der Waals surface area contributed by atoms with E-state index >= 15 is 0 Å². The molecule has 30 heavy (non-hydrogen) atoms. The van der Waals surface area contributed by atoms with Gasteiger partial charge in [-0.15, -0.1) is 0 Å². The van der Waals surface area contributed by atoms with E-state index in [1.165, 1.54) is 4.90 Å². The Kier molecular flexibility index (Phi) is 5.98. The second kappa shape index (κ2) is 8.31. The molecule has 1 aromatic carbocycles. The number of aliphatic hydroxyl groups excluding tert-OH is 1. The highest BCUT2D eigenvalue weighted by molar-refractivity contribution is 6.46. The number of nitrogens with zero attached hydrogens (tertiary/aromatic N) is 4. The maximum Gasteiger partial charge on any atom is 0.295 e. The van der Waals surface area contributed by atoms with Gasteiger partial charge in [-0.3, -0.25) is 14.3 Å². The molecular weight excluding hydrogens is 384 g/mol. The minimum atomic E-state index is -0.709. The Balaban J connectivity index is 2.22. The van der Waals surface area contributed by atoms with Crippen LogP contribution in [0.2, 0.25) is 0 Å². The van der Waals surface area contributed by atoms with Crippen LogP contribution < -0.4 is 4.74 Å². The average Bonchev–Trinajstić information content (AvgIpc) is 3.11. The van der Waals surface area contributed by atoms with Crippen molar-refractivity contribution in [2.75, 3.05) is 34.3 Å². The van der Waals surface area contributed by atoms with Gasteiger partial charge in [-0.25, -0.2) is 0 Å².